The lowest BCUT2D eigenvalue weighted by atomic mass is 9.80. The molecule has 0 bridgehead atoms. The van der Waals surface area contributed by atoms with Gasteiger partial charge in [-0.15, -0.1) is 0 Å². The summed E-state index contributed by atoms with van der Waals surface area (Å²) >= 11 is 0. The Balaban J connectivity index is 1.70. The van der Waals surface area contributed by atoms with Crippen molar-refractivity contribution in [1.82, 2.24) is 10.2 Å². The average molecular weight is 386 g/mol. The summed E-state index contributed by atoms with van der Waals surface area (Å²) < 4.78 is 0. The molecular weight excluding hydrogens is 354 g/mol. The third-order valence-corrected chi connectivity index (χ3v) is 5.88. The molecule has 0 heterocycles. The summed E-state index contributed by atoms with van der Waals surface area (Å²) in [5.74, 6) is -0.0234. The van der Waals surface area contributed by atoms with Crippen LogP contribution in [0.1, 0.15) is 69.2 Å². The number of nitrogens with zero attached hydrogens (tertiary/aromatic N) is 1. The summed E-state index contributed by atoms with van der Waals surface area (Å²) in [5.41, 5.74) is 0.391. The maximum Gasteiger partial charge on any atom is 0.252 e. The third kappa shape index (κ3) is 4.54. The summed E-state index contributed by atoms with van der Waals surface area (Å²) in [6.45, 7) is 5.22. The number of hydrogen-bond acceptors (Lipinski definition) is 3. The zero-order valence-electron chi connectivity index (χ0n) is 16.9. The highest BCUT2D eigenvalue weighted by atomic mass is 16.2. The summed E-state index contributed by atoms with van der Waals surface area (Å²) in [6, 6.07) is 6.90. The van der Waals surface area contributed by atoms with Gasteiger partial charge < -0.3 is 15.5 Å². The van der Waals surface area contributed by atoms with Gasteiger partial charge in [0.15, 0.2) is 0 Å². The molecule has 2 saturated carbocycles. The van der Waals surface area contributed by atoms with Crippen LogP contribution in [0.4, 0.5) is 5.69 Å². The highest BCUT2D eigenvalue weighted by molar-refractivity contribution is 6.00. The standard InChI is InChI=1S/C22H31N3O3/c1-3-25(4-2)21(28)22(14-6-5-7-15-22)24-20(27)17-10-12-18(13-11-17)23-19(26)16-8-9-16/h10-13,16H,3-9,14-15H2,1-2H3,(H,23,26)(H,24,27). The second-order valence-corrected chi connectivity index (χ2v) is 7.92. The molecule has 0 aliphatic heterocycles. The average Bonchev–Trinajstić information content (AvgIpc) is 3.55. The van der Waals surface area contributed by atoms with Gasteiger partial charge in [0.25, 0.3) is 5.91 Å². The minimum absolute atomic E-state index is 0.0267. The number of carbonyl (C=O) groups excluding carboxylic acids is 3. The minimum atomic E-state index is -0.805. The molecule has 6 heteroatoms. The van der Waals surface area contributed by atoms with E-state index in [-0.39, 0.29) is 23.6 Å². The van der Waals surface area contributed by atoms with Crippen molar-refractivity contribution in [3.8, 4) is 0 Å². The topological polar surface area (TPSA) is 78.5 Å². The van der Waals surface area contributed by atoms with E-state index in [0.29, 0.717) is 37.2 Å². The van der Waals surface area contributed by atoms with Crippen molar-refractivity contribution in [2.45, 2.75) is 64.3 Å². The molecular formula is C22H31N3O3. The molecule has 2 aliphatic carbocycles. The Hall–Kier alpha value is -2.37. The molecule has 0 unspecified atom stereocenters. The van der Waals surface area contributed by atoms with E-state index in [1.165, 1.54) is 0 Å². The van der Waals surface area contributed by atoms with Crippen LogP contribution in [0.15, 0.2) is 24.3 Å². The van der Waals surface area contributed by atoms with Crippen LogP contribution < -0.4 is 10.6 Å². The fourth-order valence-electron chi connectivity index (χ4n) is 3.95. The van der Waals surface area contributed by atoms with Gasteiger partial charge in [0, 0.05) is 30.3 Å². The Kier molecular flexibility index (Phi) is 6.37. The predicted molar refractivity (Wildman–Crippen MR) is 109 cm³/mol. The number of carbonyl (C=O) groups is 3. The van der Waals surface area contributed by atoms with E-state index < -0.39 is 5.54 Å². The molecule has 2 aliphatic rings. The lowest BCUT2D eigenvalue weighted by Crippen LogP contribution is -2.60. The van der Waals surface area contributed by atoms with Crippen molar-refractivity contribution in [2.75, 3.05) is 18.4 Å². The number of benzene rings is 1. The third-order valence-electron chi connectivity index (χ3n) is 5.88. The molecule has 0 spiro atoms. The summed E-state index contributed by atoms with van der Waals surface area (Å²) in [7, 11) is 0. The smallest absolute Gasteiger partial charge is 0.252 e. The summed E-state index contributed by atoms with van der Waals surface area (Å²) in [6.07, 6.45) is 6.26. The normalized spacial score (nSPS) is 18.2. The Morgan fingerprint density at radius 3 is 2.14 bits per heavy atom. The van der Waals surface area contributed by atoms with Crippen LogP contribution in [0.2, 0.25) is 0 Å². The second-order valence-electron chi connectivity index (χ2n) is 7.92. The van der Waals surface area contributed by atoms with Gasteiger partial charge >= 0.3 is 0 Å². The number of nitrogens with one attached hydrogen (secondary N) is 2. The molecule has 3 amide bonds. The lowest BCUT2D eigenvalue weighted by molar-refractivity contribution is -0.139. The van der Waals surface area contributed by atoms with Crippen LogP contribution in [0.5, 0.6) is 0 Å². The highest BCUT2D eigenvalue weighted by Gasteiger charge is 2.42. The molecule has 2 fully saturated rings. The maximum atomic E-state index is 13.2. The Morgan fingerprint density at radius 1 is 1.00 bits per heavy atom. The first-order valence-corrected chi connectivity index (χ1v) is 10.5. The zero-order chi connectivity index (χ0) is 20.1. The zero-order valence-corrected chi connectivity index (χ0v) is 16.9. The van der Waals surface area contributed by atoms with Crippen molar-refractivity contribution in [1.29, 1.82) is 0 Å². The van der Waals surface area contributed by atoms with E-state index in [0.717, 1.165) is 32.1 Å². The van der Waals surface area contributed by atoms with Crippen LogP contribution in [-0.2, 0) is 9.59 Å². The van der Waals surface area contributed by atoms with Crippen LogP contribution in [0.3, 0.4) is 0 Å². The van der Waals surface area contributed by atoms with Gasteiger partial charge in [0.05, 0.1) is 0 Å². The molecule has 1 aromatic rings. The van der Waals surface area contributed by atoms with Gasteiger partial charge in [-0.2, -0.15) is 0 Å². The molecule has 0 radical (unpaired) electrons. The van der Waals surface area contributed by atoms with Gasteiger partial charge in [-0.25, -0.2) is 0 Å². The van der Waals surface area contributed by atoms with E-state index in [4.69, 9.17) is 0 Å². The van der Waals surface area contributed by atoms with Gasteiger partial charge in [-0.1, -0.05) is 19.3 Å². The van der Waals surface area contributed by atoms with Gasteiger partial charge in [-0.3, -0.25) is 14.4 Å². The maximum absolute atomic E-state index is 13.2. The van der Waals surface area contributed by atoms with Crippen LogP contribution >= 0.6 is 0 Å². The summed E-state index contributed by atoms with van der Waals surface area (Å²) in [5, 5.41) is 5.94. The minimum Gasteiger partial charge on any atom is -0.341 e. The van der Waals surface area contributed by atoms with Crippen LogP contribution in [0.25, 0.3) is 0 Å². The Morgan fingerprint density at radius 2 is 1.61 bits per heavy atom. The molecule has 0 atom stereocenters. The van der Waals surface area contributed by atoms with Gasteiger partial charge in [0.1, 0.15) is 5.54 Å². The molecule has 3 rings (SSSR count). The molecule has 6 nitrogen and oxygen atoms in total. The molecule has 152 valence electrons. The van der Waals surface area contributed by atoms with E-state index in [1.807, 2.05) is 18.7 Å². The molecule has 28 heavy (non-hydrogen) atoms. The molecule has 1 aromatic carbocycles. The fraction of sp³-hybridized carbons (Fsp3) is 0.591. The second kappa shape index (κ2) is 8.76. The number of likely N-dealkylation sites (N-methyl/N-ethyl adjacent to an activating group) is 1. The fourth-order valence-corrected chi connectivity index (χ4v) is 3.95. The van der Waals surface area contributed by atoms with Gasteiger partial charge in [0.2, 0.25) is 11.8 Å². The number of amides is 3. The number of rotatable bonds is 7. The van der Waals surface area contributed by atoms with Crippen molar-refractivity contribution in [2.24, 2.45) is 5.92 Å². The van der Waals surface area contributed by atoms with Crippen molar-refractivity contribution in [3.63, 3.8) is 0 Å². The lowest BCUT2D eigenvalue weighted by Gasteiger charge is -2.40. The molecule has 0 saturated heterocycles. The summed E-state index contributed by atoms with van der Waals surface area (Å²) in [4.78, 5) is 39.7. The SMILES string of the molecule is CCN(CC)C(=O)C1(NC(=O)c2ccc(NC(=O)C3CC3)cc2)CCCCC1. The van der Waals surface area contributed by atoms with Crippen molar-refractivity contribution >= 4 is 23.4 Å². The van der Waals surface area contributed by atoms with E-state index in [2.05, 4.69) is 10.6 Å². The monoisotopic (exact) mass is 385 g/mol. The molecule has 0 aromatic heterocycles. The van der Waals surface area contributed by atoms with E-state index in [1.54, 1.807) is 24.3 Å². The highest BCUT2D eigenvalue weighted by Crippen LogP contribution is 2.31. The Bertz CT molecular complexity index is 715. The largest absolute Gasteiger partial charge is 0.341 e. The number of hydrogen-bond donors (Lipinski definition) is 2. The number of anilines is 1. The van der Waals surface area contributed by atoms with Crippen LogP contribution in [0, 0.1) is 5.92 Å². The van der Waals surface area contributed by atoms with Crippen molar-refractivity contribution < 1.29 is 14.4 Å². The first kappa shape index (κ1) is 20.4. The van der Waals surface area contributed by atoms with E-state index >= 15 is 0 Å². The Labute approximate surface area is 167 Å². The van der Waals surface area contributed by atoms with Gasteiger partial charge in [-0.05, 0) is 63.8 Å². The van der Waals surface area contributed by atoms with Crippen LogP contribution in [-0.4, -0.2) is 41.2 Å². The quantitative estimate of drug-likeness (QED) is 0.756. The first-order valence-electron chi connectivity index (χ1n) is 10.5. The van der Waals surface area contributed by atoms with E-state index in [9.17, 15) is 14.4 Å². The first-order chi connectivity index (χ1) is 13.5. The molecule has 2 N–H and O–H groups in total. The predicted octanol–water partition coefficient (Wildman–Crippen LogP) is 3.34. The van der Waals surface area contributed by atoms with Crippen molar-refractivity contribution in [3.05, 3.63) is 29.8 Å².